The molecular formula is C24H23NO11S. The van der Waals surface area contributed by atoms with Gasteiger partial charge in [0.2, 0.25) is 0 Å². The normalized spacial score (nSPS) is 18.6. The summed E-state index contributed by atoms with van der Waals surface area (Å²) in [4.78, 5) is 13.1. The van der Waals surface area contributed by atoms with E-state index in [-0.39, 0.29) is 40.5 Å². The van der Waals surface area contributed by atoms with Crippen LogP contribution in [0.2, 0.25) is 0 Å². The van der Waals surface area contributed by atoms with Crippen LogP contribution in [0.1, 0.15) is 32.8 Å². The van der Waals surface area contributed by atoms with Crippen molar-refractivity contribution >= 4 is 17.7 Å². The van der Waals surface area contributed by atoms with Crippen LogP contribution >= 0.6 is 11.8 Å². The van der Waals surface area contributed by atoms with Crippen molar-refractivity contribution in [1.82, 2.24) is 0 Å². The van der Waals surface area contributed by atoms with Crippen LogP contribution in [0.4, 0.5) is 0 Å². The van der Waals surface area contributed by atoms with E-state index in [9.17, 15) is 45.6 Å². The lowest BCUT2D eigenvalue weighted by Crippen LogP contribution is -2.37. The minimum absolute atomic E-state index is 0.0243. The number of carbonyl (C=O) groups is 1. The quantitative estimate of drug-likeness (QED) is 0.164. The Morgan fingerprint density at radius 1 is 0.838 bits per heavy atom. The Morgan fingerprint density at radius 3 is 1.97 bits per heavy atom. The van der Waals surface area contributed by atoms with Crippen molar-refractivity contribution in [2.75, 3.05) is 12.3 Å². The molecule has 0 unspecified atom stereocenters. The average Bonchev–Trinajstić information content (AvgIpc) is 2.83. The van der Waals surface area contributed by atoms with E-state index >= 15 is 0 Å². The van der Waals surface area contributed by atoms with E-state index in [0.717, 1.165) is 30.3 Å². The van der Waals surface area contributed by atoms with Gasteiger partial charge in [0.1, 0.15) is 17.2 Å². The standard InChI is InChI=1S/C24H23NO11S/c25-1-2-37-23-18-12(27)7-11(26)8-17(18)35-21(9-3-13(28)19(32)14(29)4-9)22(23)36-24(34)10-5-15(30)20(33)16(31)6-10/h3-8,21-23,26-33H,1-2,25H2/t21-,22+,23+/m1/s1. The Balaban J connectivity index is 1.85. The molecule has 3 aromatic rings. The van der Waals surface area contributed by atoms with Crippen LogP contribution in [0.3, 0.4) is 0 Å². The zero-order chi connectivity index (χ0) is 27.0. The molecule has 0 fully saturated rings. The Hall–Kier alpha value is -4.36. The Morgan fingerprint density at radius 2 is 1.41 bits per heavy atom. The molecular weight excluding hydrogens is 510 g/mol. The fourth-order valence-corrected chi connectivity index (χ4v) is 5.15. The molecule has 0 aromatic heterocycles. The summed E-state index contributed by atoms with van der Waals surface area (Å²) in [7, 11) is 0. The van der Waals surface area contributed by atoms with Crippen molar-refractivity contribution in [2.24, 2.45) is 5.73 Å². The Labute approximate surface area is 213 Å². The summed E-state index contributed by atoms with van der Waals surface area (Å²) < 4.78 is 11.7. The average molecular weight is 534 g/mol. The molecule has 1 heterocycles. The van der Waals surface area contributed by atoms with Crippen LogP contribution in [0.15, 0.2) is 36.4 Å². The first-order valence-corrected chi connectivity index (χ1v) is 11.8. The van der Waals surface area contributed by atoms with E-state index < -0.39 is 57.9 Å². The van der Waals surface area contributed by atoms with E-state index in [1.54, 1.807) is 0 Å². The van der Waals surface area contributed by atoms with E-state index in [4.69, 9.17) is 15.2 Å². The molecule has 10 N–H and O–H groups in total. The molecule has 37 heavy (non-hydrogen) atoms. The number of nitrogens with two attached hydrogens (primary N) is 1. The highest BCUT2D eigenvalue weighted by Crippen LogP contribution is 2.54. The van der Waals surface area contributed by atoms with Crippen molar-refractivity contribution in [3.63, 3.8) is 0 Å². The number of rotatable bonds is 6. The first-order valence-electron chi connectivity index (χ1n) is 10.8. The van der Waals surface area contributed by atoms with E-state index in [2.05, 4.69) is 0 Å². The maximum Gasteiger partial charge on any atom is 0.338 e. The highest BCUT2D eigenvalue weighted by molar-refractivity contribution is 7.99. The number of phenols is 8. The number of carbonyl (C=O) groups excluding carboxylic acids is 1. The second-order valence-corrected chi connectivity index (χ2v) is 9.39. The summed E-state index contributed by atoms with van der Waals surface area (Å²) in [6.45, 7) is 0.210. The summed E-state index contributed by atoms with van der Waals surface area (Å²) in [5, 5.41) is 79.0. The van der Waals surface area contributed by atoms with Crippen LogP contribution in [0.25, 0.3) is 0 Å². The lowest BCUT2D eigenvalue weighted by molar-refractivity contribution is -0.0203. The molecule has 1 aliphatic heterocycles. The van der Waals surface area contributed by atoms with Crippen LogP contribution in [0.5, 0.6) is 51.7 Å². The van der Waals surface area contributed by atoms with Gasteiger partial charge in [-0.25, -0.2) is 4.79 Å². The molecule has 12 nitrogen and oxygen atoms in total. The van der Waals surface area contributed by atoms with Crippen molar-refractivity contribution < 1.29 is 55.1 Å². The molecule has 0 aliphatic carbocycles. The number of benzene rings is 3. The van der Waals surface area contributed by atoms with E-state index in [1.165, 1.54) is 17.8 Å². The maximum atomic E-state index is 13.1. The van der Waals surface area contributed by atoms with Gasteiger partial charge in [-0.3, -0.25) is 0 Å². The number of thioether (sulfide) groups is 1. The summed E-state index contributed by atoms with van der Waals surface area (Å²) in [5.41, 5.74) is 5.59. The lowest BCUT2D eigenvalue weighted by atomic mass is 9.92. The number of fused-ring (bicyclic) bond motifs is 1. The fraction of sp³-hybridized carbons (Fsp3) is 0.208. The van der Waals surface area contributed by atoms with Gasteiger partial charge >= 0.3 is 5.97 Å². The van der Waals surface area contributed by atoms with Crippen LogP contribution in [-0.4, -0.2) is 65.2 Å². The molecule has 0 spiro atoms. The smallest absolute Gasteiger partial charge is 0.338 e. The summed E-state index contributed by atoms with van der Waals surface area (Å²) in [5.74, 6) is -5.92. The van der Waals surface area contributed by atoms with Gasteiger partial charge in [-0.15, -0.1) is 11.8 Å². The minimum atomic E-state index is -1.28. The molecule has 3 atom stereocenters. The van der Waals surface area contributed by atoms with Gasteiger partial charge in [-0.05, 0) is 24.3 Å². The molecule has 0 radical (unpaired) electrons. The molecule has 1 aliphatic rings. The first-order chi connectivity index (χ1) is 17.5. The molecule has 3 aromatic carbocycles. The SMILES string of the molecule is NCCS[C@H]1c2c(O)cc(O)cc2O[C@H](c2cc(O)c(O)c(O)c2)[C@@H]1OC(=O)c1cc(O)c(O)c(O)c1. The van der Waals surface area contributed by atoms with Gasteiger partial charge in [0.15, 0.2) is 46.7 Å². The Kier molecular flexibility index (Phi) is 6.92. The largest absolute Gasteiger partial charge is 0.508 e. The molecule has 0 saturated heterocycles. The topological polar surface area (TPSA) is 223 Å². The third-order valence-electron chi connectivity index (χ3n) is 5.62. The first kappa shape index (κ1) is 25.7. The van der Waals surface area contributed by atoms with Gasteiger partial charge in [-0.1, -0.05) is 0 Å². The zero-order valence-corrected chi connectivity index (χ0v) is 19.7. The molecule has 0 saturated carbocycles. The second kappa shape index (κ2) is 9.95. The van der Waals surface area contributed by atoms with Gasteiger partial charge in [0.05, 0.1) is 16.4 Å². The number of esters is 1. The van der Waals surface area contributed by atoms with E-state index in [1.807, 2.05) is 0 Å². The summed E-state index contributed by atoms with van der Waals surface area (Å²) in [6.07, 6.45) is -2.54. The number of ether oxygens (including phenoxy) is 2. The monoisotopic (exact) mass is 533 g/mol. The minimum Gasteiger partial charge on any atom is -0.508 e. The number of phenolic OH excluding ortho intramolecular Hbond substituents is 8. The predicted molar refractivity (Wildman–Crippen MR) is 129 cm³/mol. The maximum absolute atomic E-state index is 13.1. The molecule has 13 heteroatoms. The highest BCUT2D eigenvalue weighted by atomic mass is 32.2. The third kappa shape index (κ3) is 4.86. The number of aromatic hydroxyl groups is 8. The molecule has 0 bridgehead atoms. The van der Waals surface area contributed by atoms with Gasteiger partial charge in [-0.2, -0.15) is 0 Å². The third-order valence-corrected chi connectivity index (χ3v) is 6.96. The van der Waals surface area contributed by atoms with Gasteiger partial charge in [0, 0.05) is 30.0 Å². The van der Waals surface area contributed by atoms with Crippen molar-refractivity contribution in [3.8, 4) is 51.7 Å². The van der Waals surface area contributed by atoms with Crippen LogP contribution in [-0.2, 0) is 4.74 Å². The number of hydrogen-bond acceptors (Lipinski definition) is 13. The summed E-state index contributed by atoms with van der Waals surface area (Å²) in [6, 6.07) is 6.21. The highest BCUT2D eigenvalue weighted by Gasteiger charge is 2.44. The second-order valence-electron chi connectivity index (χ2n) is 8.14. The van der Waals surface area contributed by atoms with E-state index in [0.29, 0.717) is 5.75 Å². The fourth-order valence-electron chi connectivity index (χ4n) is 3.97. The zero-order valence-electron chi connectivity index (χ0n) is 18.9. The van der Waals surface area contributed by atoms with Gasteiger partial charge < -0.3 is 56.1 Å². The van der Waals surface area contributed by atoms with Crippen molar-refractivity contribution in [2.45, 2.75) is 17.5 Å². The molecule has 4 rings (SSSR count). The summed E-state index contributed by atoms with van der Waals surface area (Å²) >= 11 is 1.19. The Bertz CT molecular complexity index is 1320. The lowest BCUT2D eigenvalue weighted by Gasteiger charge is -2.39. The van der Waals surface area contributed by atoms with Gasteiger partial charge in [0.25, 0.3) is 0 Å². The number of hydrogen-bond donors (Lipinski definition) is 9. The molecule has 0 amide bonds. The van der Waals surface area contributed by atoms with Crippen molar-refractivity contribution in [1.29, 1.82) is 0 Å². The van der Waals surface area contributed by atoms with Crippen LogP contribution in [0, 0.1) is 0 Å². The molecule has 196 valence electrons. The van der Waals surface area contributed by atoms with Crippen molar-refractivity contribution in [3.05, 3.63) is 53.1 Å². The van der Waals surface area contributed by atoms with Crippen LogP contribution < -0.4 is 10.5 Å². The predicted octanol–water partition coefficient (Wildman–Crippen LogP) is 2.42.